The lowest BCUT2D eigenvalue weighted by molar-refractivity contribution is -0.269. The highest BCUT2D eigenvalue weighted by molar-refractivity contribution is 6.07. The lowest BCUT2D eigenvalue weighted by atomic mass is 10.0. The normalized spacial score (nSPS) is 23.5. The largest absolute Gasteiger partial charge is 0.450 e. The van der Waals surface area contributed by atoms with E-state index in [2.05, 4.69) is 0 Å². The molecule has 1 rings (SSSR count). The van der Waals surface area contributed by atoms with Gasteiger partial charge in [0.1, 0.15) is 0 Å². The van der Waals surface area contributed by atoms with Crippen molar-refractivity contribution in [1.82, 2.24) is 4.90 Å². The Hall–Kier alpha value is -0.560. The molecule has 0 aliphatic carbocycles. The van der Waals surface area contributed by atoms with Crippen LogP contribution in [-0.2, 0) is 18.5 Å². The van der Waals surface area contributed by atoms with Gasteiger partial charge >= 0.3 is 6.09 Å². The number of carbonyl (C=O) groups excluding carboxylic acids is 1. The molecule has 7 heteroatoms. The average Bonchev–Trinajstić information content (AvgIpc) is 2.38. The van der Waals surface area contributed by atoms with Gasteiger partial charge in [0, 0.05) is 27.2 Å². The first kappa shape index (κ1) is 14.5. The number of halogens is 1. The predicted octanol–water partition coefficient (Wildman–Crippen LogP) is 1.38. The van der Waals surface area contributed by atoms with Crippen molar-refractivity contribution < 1.29 is 23.3 Å². The SMILES string of the molecule is CCOC(=O)N1CCC(OC)(OC)C(OCl)C1. The van der Waals surface area contributed by atoms with Crippen molar-refractivity contribution in [3.63, 3.8) is 0 Å². The molecule has 0 aromatic rings. The van der Waals surface area contributed by atoms with Crippen LogP contribution in [0.4, 0.5) is 4.79 Å². The summed E-state index contributed by atoms with van der Waals surface area (Å²) in [7, 11) is 3.04. The molecule has 1 unspecified atom stereocenters. The Morgan fingerprint density at radius 3 is 2.59 bits per heavy atom. The van der Waals surface area contributed by atoms with Gasteiger partial charge in [-0.15, -0.1) is 0 Å². The van der Waals surface area contributed by atoms with E-state index < -0.39 is 11.9 Å². The Morgan fingerprint density at radius 2 is 2.12 bits per heavy atom. The minimum absolute atomic E-state index is 0.268. The van der Waals surface area contributed by atoms with Crippen molar-refractivity contribution in [2.45, 2.75) is 25.2 Å². The van der Waals surface area contributed by atoms with Gasteiger partial charge in [0.2, 0.25) is 0 Å². The smallest absolute Gasteiger partial charge is 0.409 e. The van der Waals surface area contributed by atoms with Crippen molar-refractivity contribution in [1.29, 1.82) is 0 Å². The van der Waals surface area contributed by atoms with E-state index in [0.29, 0.717) is 19.6 Å². The number of rotatable bonds is 4. The summed E-state index contributed by atoms with van der Waals surface area (Å²) in [4.78, 5) is 13.1. The minimum atomic E-state index is -0.912. The number of likely N-dealkylation sites (tertiary alicyclic amines) is 1. The summed E-state index contributed by atoms with van der Waals surface area (Å²) in [5.74, 6) is -0.912. The molecule has 1 fully saturated rings. The Balaban J connectivity index is 2.69. The number of hydrogen-bond donors (Lipinski definition) is 0. The number of hydrogen-bond acceptors (Lipinski definition) is 5. The fourth-order valence-corrected chi connectivity index (χ4v) is 2.10. The van der Waals surface area contributed by atoms with Crippen LogP contribution >= 0.6 is 11.9 Å². The average molecular weight is 268 g/mol. The van der Waals surface area contributed by atoms with E-state index in [1.54, 1.807) is 6.92 Å². The summed E-state index contributed by atoms with van der Waals surface area (Å²) < 4.78 is 20.4. The zero-order chi connectivity index (χ0) is 12.9. The molecule has 1 atom stereocenters. The summed E-state index contributed by atoms with van der Waals surface area (Å²) in [5, 5.41) is 0. The molecule has 1 aliphatic heterocycles. The molecule has 0 saturated carbocycles. The topological polar surface area (TPSA) is 57.2 Å². The van der Waals surface area contributed by atoms with Crippen LogP contribution in [0, 0.1) is 0 Å². The molecule has 1 heterocycles. The van der Waals surface area contributed by atoms with Gasteiger partial charge in [-0.3, -0.25) is 4.29 Å². The summed E-state index contributed by atoms with van der Waals surface area (Å²) in [5.41, 5.74) is 0. The highest BCUT2D eigenvalue weighted by atomic mass is 35.5. The van der Waals surface area contributed by atoms with E-state index >= 15 is 0 Å². The molecule has 1 aliphatic rings. The molecule has 0 aromatic carbocycles. The number of ether oxygens (including phenoxy) is 3. The van der Waals surface area contributed by atoms with Crippen LogP contribution in [0.1, 0.15) is 13.3 Å². The fourth-order valence-electron chi connectivity index (χ4n) is 1.91. The van der Waals surface area contributed by atoms with Gasteiger partial charge in [0.15, 0.2) is 11.9 Å². The van der Waals surface area contributed by atoms with Crippen molar-refractivity contribution in [2.24, 2.45) is 0 Å². The minimum Gasteiger partial charge on any atom is -0.450 e. The van der Waals surface area contributed by atoms with E-state index in [1.165, 1.54) is 19.1 Å². The second-order valence-corrected chi connectivity index (χ2v) is 3.87. The maximum Gasteiger partial charge on any atom is 0.409 e. The Bertz CT molecular complexity index is 259. The number of piperidine rings is 1. The maximum absolute atomic E-state index is 11.6. The van der Waals surface area contributed by atoms with Gasteiger partial charge < -0.3 is 19.1 Å². The van der Waals surface area contributed by atoms with Crippen LogP contribution in [-0.4, -0.2) is 56.8 Å². The lowest BCUT2D eigenvalue weighted by Crippen LogP contribution is -2.59. The highest BCUT2D eigenvalue weighted by Crippen LogP contribution is 2.30. The number of methoxy groups -OCH3 is 2. The molecular formula is C10H18ClNO5. The molecule has 0 spiro atoms. The Morgan fingerprint density at radius 1 is 1.47 bits per heavy atom. The summed E-state index contributed by atoms with van der Waals surface area (Å²) in [6.07, 6.45) is -0.472. The monoisotopic (exact) mass is 267 g/mol. The zero-order valence-corrected chi connectivity index (χ0v) is 11.0. The van der Waals surface area contributed by atoms with Crippen LogP contribution in [0.15, 0.2) is 0 Å². The molecule has 0 N–H and O–H groups in total. The van der Waals surface area contributed by atoms with Crippen LogP contribution in [0.3, 0.4) is 0 Å². The van der Waals surface area contributed by atoms with E-state index in [4.69, 9.17) is 30.4 Å². The third kappa shape index (κ3) is 3.01. The quantitative estimate of drug-likeness (QED) is 0.720. The van der Waals surface area contributed by atoms with E-state index in [9.17, 15) is 4.79 Å². The van der Waals surface area contributed by atoms with Gasteiger partial charge in [-0.25, -0.2) is 4.79 Å². The number of nitrogens with zero attached hydrogens (tertiary/aromatic N) is 1. The Kier molecular flexibility index (Phi) is 5.45. The first-order valence-corrected chi connectivity index (χ1v) is 5.73. The predicted molar refractivity (Wildman–Crippen MR) is 60.7 cm³/mol. The second kappa shape index (κ2) is 6.39. The van der Waals surface area contributed by atoms with Crippen LogP contribution < -0.4 is 0 Å². The number of carbonyl (C=O) groups is 1. The fraction of sp³-hybridized carbons (Fsp3) is 0.900. The molecule has 0 bridgehead atoms. The van der Waals surface area contributed by atoms with Gasteiger partial charge in [-0.1, -0.05) is 0 Å². The highest BCUT2D eigenvalue weighted by Gasteiger charge is 2.46. The molecule has 1 amide bonds. The van der Waals surface area contributed by atoms with E-state index in [0.717, 1.165) is 0 Å². The molecule has 17 heavy (non-hydrogen) atoms. The first-order chi connectivity index (χ1) is 8.13. The molecule has 1 saturated heterocycles. The summed E-state index contributed by atoms with van der Waals surface area (Å²) in [6, 6.07) is 0. The Labute approximate surface area is 106 Å². The molecule has 6 nitrogen and oxygen atoms in total. The molecule has 100 valence electrons. The standard InChI is InChI=1S/C10H18ClNO5/c1-4-16-9(13)12-6-5-10(14-2,15-3)8(7-12)17-11/h8H,4-7H2,1-3H3. The van der Waals surface area contributed by atoms with Crippen LogP contribution in [0.2, 0.25) is 0 Å². The number of amides is 1. The van der Waals surface area contributed by atoms with Crippen molar-refractivity contribution >= 4 is 18.0 Å². The summed E-state index contributed by atoms with van der Waals surface area (Å²) in [6.45, 7) is 2.83. The lowest BCUT2D eigenvalue weighted by Gasteiger charge is -2.43. The van der Waals surface area contributed by atoms with Crippen LogP contribution in [0.5, 0.6) is 0 Å². The summed E-state index contributed by atoms with van der Waals surface area (Å²) >= 11 is 5.43. The molecule has 0 aromatic heterocycles. The second-order valence-electron chi connectivity index (χ2n) is 3.69. The van der Waals surface area contributed by atoms with Crippen LogP contribution in [0.25, 0.3) is 0 Å². The van der Waals surface area contributed by atoms with Gasteiger partial charge in [0.25, 0.3) is 0 Å². The third-order valence-corrected chi connectivity index (χ3v) is 3.15. The van der Waals surface area contributed by atoms with Crippen molar-refractivity contribution in [3.05, 3.63) is 0 Å². The maximum atomic E-state index is 11.6. The van der Waals surface area contributed by atoms with E-state index in [1.807, 2.05) is 0 Å². The van der Waals surface area contributed by atoms with Gasteiger partial charge in [-0.05, 0) is 6.92 Å². The van der Waals surface area contributed by atoms with Gasteiger partial charge in [-0.2, -0.15) is 0 Å². The molecular weight excluding hydrogens is 250 g/mol. The molecule has 0 radical (unpaired) electrons. The third-order valence-electron chi connectivity index (χ3n) is 2.93. The van der Waals surface area contributed by atoms with E-state index in [-0.39, 0.29) is 12.6 Å². The van der Waals surface area contributed by atoms with Gasteiger partial charge in [0.05, 0.1) is 25.0 Å². The zero-order valence-electron chi connectivity index (χ0n) is 10.3. The van der Waals surface area contributed by atoms with Crippen molar-refractivity contribution in [3.8, 4) is 0 Å². The van der Waals surface area contributed by atoms with Crippen molar-refractivity contribution in [2.75, 3.05) is 33.9 Å². The first-order valence-electron chi connectivity index (χ1n) is 5.43.